The van der Waals surface area contributed by atoms with Gasteiger partial charge in [0.1, 0.15) is 18.4 Å². The predicted molar refractivity (Wildman–Crippen MR) is 163 cm³/mol. The first kappa shape index (κ1) is 31.2. The Morgan fingerprint density at radius 1 is 1.07 bits per heavy atom. The first-order valence-corrected chi connectivity index (χ1v) is 15.7. The SMILES string of the molecule is CCOC(=O)c1cc2cc(NC(=O)[C@@H]3C(=C4CCC(OC)CC4)CCN3C(=O)C3CCC(C(N)CF)CC3)ccc2n1C. The Labute approximate surface area is 252 Å². The number of anilines is 1. The van der Waals surface area contributed by atoms with E-state index in [0.717, 1.165) is 55.0 Å². The summed E-state index contributed by atoms with van der Waals surface area (Å²) in [6.45, 7) is 2.02. The van der Waals surface area contributed by atoms with Gasteiger partial charge < -0.3 is 30.0 Å². The largest absolute Gasteiger partial charge is 0.461 e. The number of nitrogens with two attached hydrogens (primary N) is 1. The molecule has 3 N–H and O–H groups in total. The number of alkyl halides is 1. The predicted octanol–water partition coefficient (Wildman–Crippen LogP) is 4.88. The molecule has 2 heterocycles. The van der Waals surface area contributed by atoms with Crippen LogP contribution >= 0.6 is 0 Å². The number of amides is 2. The smallest absolute Gasteiger partial charge is 0.354 e. The molecule has 9 nitrogen and oxygen atoms in total. The van der Waals surface area contributed by atoms with Gasteiger partial charge in [0.05, 0.1) is 12.7 Å². The molecule has 43 heavy (non-hydrogen) atoms. The van der Waals surface area contributed by atoms with Gasteiger partial charge in [-0.3, -0.25) is 9.59 Å². The van der Waals surface area contributed by atoms with Gasteiger partial charge in [-0.25, -0.2) is 9.18 Å². The number of carbonyl (C=O) groups is 3. The number of rotatable bonds is 8. The highest BCUT2D eigenvalue weighted by atomic mass is 19.1. The number of halogens is 1. The maximum Gasteiger partial charge on any atom is 0.354 e. The molecular formula is C33H45FN4O5. The molecule has 1 saturated heterocycles. The number of carbonyl (C=O) groups excluding carboxylic acids is 3. The van der Waals surface area contributed by atoms with E-state index in [1.165, 1.54) is 5.57 Å². The van der Waals surface area contributed by atoms with Crippen molar-refractivity contribution < 1.29 is 28.2 Å². The van der Waals surface area contributed by atoms with Gasteiger partial charge in [-0.2, -0.15) is 0 Å². The minimum atomic E-state index is -0.672. The molecule has 10 heteroatoms. The van der Waals surface area contributed by atoms with Crippen LogP contribution < -0.4 is 11.1 Å². The summed E-state index contributed by atoms with van der Waals surface area (Å²) in [6, 6.07) is 6.16. The van der Waals surface area contributed by atoms with Crippen LogP contribution in [0.3, 0.4) is 0 Å². The topological polar surface area (TPSA) is 116 Å². The molecule has 0 spiro atoms. The van der Waals surface area contributed by atoms with Gasteiger partial charge in [0.25, 0.3) is 5.91 Å². The van der Waals surface area contributed by atoms with E-state index in [0.29, 0.717) is 37.2 Å². The average molecular weight is 597 g/mol. The molecule has 234 valence electrons. The van der Waals surface area contributed by atoms with Crippen molar-refractivity contribution in [1.29, 1.82) is 0 Å². The zero-order chi connectivity index (χ0) is 30.7. The number of ether oxygens (including phenoxy) is 2. The fourth-order valence-electron chi connectivity index (χ4n) is 7.29. The molecule has 3 aliphatic rings. The van der Waals surface area contributed by atoms with E-state index in [2.05, 4.69) is 5.32 Å². The molecule has 1 aliphatic heterocycles. The molecule has 2 atom stereocenters. The Kier molecular flexibility index (Phi) is 9.86. The van der Waals surface area contributed by atoms with Crippen LogP contribution in [0.2, 0.25) is 0 Å². The zero-order valence-corrected chi connectivity index (χ0v) is 25.6. The summed E-state index contributed by atoms with van der Waals surface area (Å²) < 4.78 is 25.7. The van der Waals surface area contributed by atoms with Crippen molar-refractivity contribution in [3.8, 4) is 0 Å². The Morgan fingerprint density at radius 3 is 2.44 bits per heavy atom. The van der Waals surface area contributed by atoms with E-state index in [1.54, 1.807) is 29.6 Å². The molecule has 2 aromatic rings. The van der Waals surface area contributed by atoms with E-state index >= 15 is 0 Å². The monoisotopic (exact) mass is 596 g/mol. The van der Waals surface area contributed by atoms with E-state index in [9.17, 15) is 18.8 Å². The number of allylic oxidation sites excluding steroid dienone is 1. The minimum absolute atomic E-state index is 0.00573. The molecule has 2 saturated carbocycles. The van der Waals surface area contributed by atoms with Crippen molar-refractivity contribution in [3.05, 3.63) is 41.1 Å². The van der Waals surface area contributed by atoms with Gasteiger partial charge in [-0.05, 0) is 100 Å². The fourth-order valence-corrected chi connectivity index (χ4v) is 7.29. The molecule has 2 aliphatic carbocycles. The Morgan fingerprint density at radius 2 is 1.79 bits per heavy atom. The van der Waals surface area contributed by atoms with Crippen molar-refractivity contribution in [3.63, 3.8) is 0 Å². The second kappa shape index (κ2) is 13.6. The molecule has 5 rings (SSSR count). The number of benzene rings is 1. The van der Waals surface area contributed by atoms with E-state index in [4.69, 9.17) is 15.2 Å². The second-order valence-corrected chi connectivity index (χ2v) is 12.2. The van der Waals surface area contributed by atoms with E-state index < -0.39 is 24.7 Å². The average Bonchev–Trinajstić information content (AvgIpc) is 3.62. The van der Waals surface area contributed by atoms with Crippen molar-refractivity contribution in [1.82, 2.24) is 9.47 Å². The van der Waals surface area contributed by atoms with Crippen LogP contribution in [0.25, 0.3) is 10.9 Å². The van der Waals surface area contributed by atoms with Gasteiger partial charge >= 0.3 is 5.97 Å². The highest BCUT2D eigenvalue weighted by molar-refractivity contribution is 6.02. The maximum atomic E-state index is 14.1. The van der Waals surface area contributed by atoms with Crippen LogP contribution in [0.1, 0.15) is 75.2 Å². The van der Waals surface area contributed by atoms with Crippen LogP contribution in [0, 0.1) is 11.8 Å². The zero-order valence-electron chi connectivity index (χ0n) is 25.6. The first-order chi connectivity index (χ1) is 20.7. The molecule has 0 radical (unpaired) electrons. The molecule has 0 bridgehead atoms. The number of methoxy groups -OCH3 is 1. The lowest BCUT2D eigenvalue weighted by Gasteiger charge is -2.34. The van der Waals surface area contributed by atoms with Gasteiger partial charge in [-0.15, -0.1) is 0 Å². The third-order valence-electron chi connectivity index (χ3n) is 9.82. The summed E-state index contributed by atoms with van der Waals surface area (Å²) in [5.74, 6) is -0.707. The lowest BCUT2D eigenvalue weighted by molar-refractivity contribution is -0.140. The summed E-state index contributed by atoms with van der Waals surface area (Å²) in [6.07, 6.45) is 7.21. The molecule has 1 aromatic carbocycles. The number of aromatic nitrogens is 1. The number of likely N-dealkylation sites (tertiary alicyclic amines) is 1. The van der Waals surface area contributed by atoms with Crippen molar-refractivity contribution in [2.45, 2.75) is 82.9 Å². The Bertz CT molecular complexity index is 1370. The first-order valence-electron chi connectivity index (χ1n) is 15.7. The number of nitrogens with zero attached hydrogens (tertiary/aromatic N) is 2. The van der Waals surface area contributed by atoms with Gasteiger partial charge in [-0.1, -0.05) is 5.57 Å². The quantitative estimate of drug-likeness (QED) is 0.332. The number of fused-ring (bicyclic) bond motifs is 1. The van der Waals surface area contributed by atoms with Gasteiger partial charge in [0.2, 0.25) is 5.91 Å². The second-order valence-electron chi connectivity index (χ2n) is 12.2. The summed E-state index contributed by atoms with van der Waals surface area (Å²) in [7, 11) is 3.55. The standard InChI is InChI=1S/C33H45FN4O5/c1-4-43-33(41)29-18-23-17-24(11-14-28(23)37(29)2)36-31(39)30-26(20-9-12-25(42-3)13-10-20)15-16-38(30)32(40)22-7-5-21(6-8-22)27(35)19-34/h11,14,17-18,21-22,25,27,30H,4-10,12-13,15-16,19,35H2,1-3H3,(H,36,39)/t21?,22?,25?,27?,30-/m0/s1. The third-order valence-corrected chi connectivity index (χ3v) is 9.82. The fraction of sp³-hybridized carbons (Fsp3) is 0.606. The molecular weight excluding hydrogens is 551 g/mol. The van der Waals surface area contributed by atoms with E-state index in [1.807, 2.05) is 25.2 Å². The normalized spacial score (nSPS) is 25.2. The van der Waals surface area contributed by atoms with E-state index in [-0.39, 0.29) is 36.4 Å². The third kappa shape index (κ3) is 6.50. The number of hydrogen-bond acceptors (Lipinski definition) is 6. The highest BCUT2D eigenvalue weighted by Gasteiger charge is 2.43. The Balaban J connectivity index is 1.38. The van der Waals surface area contributed by atoms with Crippen LogP contribution in [0.4, 0.5) is 10.1 Å². The van der Waals surface area contributed by atoms with Crippen molar-refractivity contribution in [2.75, 3.05) is 32.3 Å². The van der Waals surface area contributed by atoms with Crippen LogP contribution in [-0.4, -0.2) is 72.4 Å². The highest BCUT2D eigenvalue weighted by Crippen LogP contribution is 2.38. The number of hydrogen-bond donors (Lipinski definition) is 2. The van der Waals surface area contributed by atoms with Gasteiger partial charge in [0.15, 0.2) is 0 Å². The summed E-state index contributed by atoms with van der Waals surface area (Å²) in [5.41, 5.74) is 10.2. The van der Waals surface area contributed by atoms with Gasteiger partial charge in [0, 0.05) is 49.3 Å². The number of nitrogens with one attached hydrogen (secondary N) is 1. The summed E-state index contributed by atoms with van der Waals surface area (Å²) in [5, 5.41) is 3.90. The van der Waals surface area contributed by atoms with Crippen LogP contribution in [0.15, 0.2) is 35.4 Å². The maximum absolute atomic E-state index is 14.1. The molecule has 2 amide bonds. The molecule has 3 fully saturated rings. The number of aryl methyl sites for hydroxylation is 1. The summed E-state index contributed by atoms with van der Waals surface area (Å²) in [4.78, 5) is 42.2. The molecule has 1 unspecified atom stereocenters. The Hall–Kier alpha value is -3.24. The van der Waals surface area contributed by atoms with Crippen LogP contribution in [-0.2, 0) is 26.1 Å². The number of esters is 1. The summed E-state index contributed by atoms with van der Waals surface area (Å²) >= 11 is 0. The van der Waals surface area contributed by atoms with Crippen LogP contribution in [0.5, 0.6) is 0 Å². The molecule has 1 aromatic heterocycles. The minimum Gasteiger partial charge on any atom is -0.461 e. The lowest BCUT2D eigenvalue weighted by atomic mass is 9.78. The van der Waals surface area contributed by atoms with Crippen molar-refractivity contribution in [2.24, 2.45) is 24.6 Å². The van der Waals surface area contributed by atoms with Crippen molar-refractivity contribution >= 4 is 34.4 Å². The lowest BCUT2D eigenvalue weighted by Crippen LogP contribution is -2.47.